The minimum Gasteiger partial charge on any atom is -0.383 e. The summed E-state index contributed by atoms with van der Waals surface area (Å²) in [6.07, 6.45) is -1.22. The molecule has 1 heterocycles. The van der Waals surface area contributed by atoms with Crippen LogP contribution in [-0.4, -0.2) is 14.9 Å². The van der Waals surface area contributed by atoms with Gasteiger partial charge in [0.05, 0.1) is 10.7 Å². The highest BCUT2D eigenvalue weighted by atomic mass is 79.9. The largest absolute Gasteiger partial charge is 0.383 e. The summed E-state index contributed by atoms with van der Waals surface area (Å²) in [5.74, 6) is -0.678. The van der Waals surface area contributed by atoms with E-state index in [-0.39, 0.29) is 15.7 Å². The Morgan fingerprint density at radius 1 is 1.42 bits per heavy atom. The van der Waals surface area contributed by atoms with Gasteiger partial charge in [-0.25, -0.2) is 4.39 Å². The van der Waals surface area contributed by atoms with Gasteiger partial charge in [-0.3, -0.25) is 4.68 Å². The van der Waals surface area contributed by atoms with E-state index >= 15 is 0 Å². The van der Waals surface area contributed by atoms with Gasteiger partial charge in [0.15, 0.2) is 0 Å². The molecule has 102 valence electrons. The number of rotatable bonds is 2. The predicted octanol–water partition coefficient (Wildman–Crippen LogP) is 4.02. The average molecular weight is 368 g/mol. The molecule has 1 atom stereocenters. The molecule has 0 amide bonds. The number of nitrogens with zero attached hydrogens (tertiary/aromatic N) is 2. The SMILES string of the molecule is Cc1nn(C)c(Cl)c1C(O)c1ccc(Br)c(Cl)c1F. The van der Waals surface area contributed by atoms with Crippen LogP contribution in [-0.2, 0) is 7.05 Å². The second kappa shape index (κ2) is 5.40. The second-order valence-electron chi connectivity index (χ2n) is 4.08. The normalized spacial score (nSPS) is 12.8. The van der Waals surface area contributed by atoms with Crippen molar-refractivity contribution >= 4 is 39.1 Å². The number of aliphatic hydroxyl groups excluding tert-OH is 1. The molecule has 0 aliphatic heterocycles. The first-order valence-electron chi connectivity index (χ1n) is 5.35. The smallest absolute Gasteiger partial charge is 0.149 e. The predicted molar refractivity (Wildman–Crippen MR) is 76.1 cm³/mol. The molecule has 0 radical (unpaired) electrons. The van der Waals surface area contributed by atoms with Crippen LogP contribution in [0.25, 0.3) is 0 Å². The molecular formula is C12H10BrCl2FN2O. The third-order valence-corrected chi connectivity index (χ3v) is 4.54. The van der Waals surface area contributed by atoms with Gasteiger partial charge in [0, 0.05) is 22.6 Å². The van der Waals surface area contributed by atoms with E-state index < -0.39 is 11.9 Å². The van der Waals surface area contributed by atoms with E-state index in [1.165, 1.54) is 10.7 Å². The van der Waals surface area contributed by atoms with E-state index in [1.807, 2.05) is 0 Å². The molecule has 2 aromatic rings. The Labute approximate surface area is 128 Å². The van der Waals surface area contributed by atoms with Crippen molar-refractivity contribution < 1.29 is 9.50 Å². The molecule has 0 fully saturated rings. The fraction of sp³-hybridized carbons (Fsp3) is 0.250. The van der Waals surface area contributed by atoms with Gasteiger partial charge in [-0.2, -0.15) is 5.10 Å². The molecule has 7 heteroatoms. The van der Waals surface area contributed by atoms with Crippen LogP contribution < -0.4 is 0 Å². The van der Waals surface area contributed by atoms with Gasteiger partial charge in [0.1, 0.15) is 17.1 Å². The van der Waals surface area contributed by atoms with Gasteiger partial charge in [0.25, 0.3) is 0 Å². The van der Waals surface area contributed by atoms with Crippen LogP contribution in [0.2, 0.25) is 10.2 Å². The van der Waals surface area contributed by atoms with Crippen molar-refractivity contribution in [3.8, 4) is 0 Å². The average Bonchev–Trinajstić information content (AvgIpc) is 2.60. The number of halogens is 4. The summed E-state index contributed by atoms with van der Waals surface area (Å²) in [4.78, 5) is 0. The van der Waals surface area contributed by atoms with E-state index in [4.69, 9.17) is 23.2 Å². The molecule has 0 spiro atoms. The molecule has 0 bridgehead atoms. The Balaban J connectivity index is 2.56. The molecule has 0 saturated heterocycles. The Morgan fingerprint density at radius 3 is 2.58 bits per heavy atom. The first-order valence-corrected chi connectivity index (χ1v) is 6.90. The van der Waals surface area contributed by atoms with Crippen LogP contribution in [0.5, 0.6) is 0 Å². The van der Waals surface area contributed by atoms with Crippen molar-refractivity contribution in [2.45, 2.75) is 13.0 Å². The Bertz CT molecular complexity index is 645. The van der Waals surface area contributed by atoms with E-state index in [0.29, 0.717) is 15.7 Å². The van der Waals surface area contributed by atoms with Crippen LogP contribution in [0, 0.1) is 12.7 Å². The molecule has 1 aromatic carbocycles. The second-order valence-corrected chi connectivity index (χ2v) is 5.67. The zero-order valence-electron chi connectivity index (χ0n) is 10.1. The first-order chi connectivity index (χ1) is 8.84. The van der Waals surface area contributed by atoms with Gasteiger partial charge < -0.3 is 5.11 Å². The molecule has 1 N–H and O–H groups in total. The fourth-order valence-corrected chi connectivity index (χ4v) is 2.62. The third kappa shape index (κ3) is 2.52. The summed E-state index contributed by atoms with van der Waals surface area (Å²) in [6, 6.07) is 3.03. The highest BCUT2D eigenvalue weighted by Gasteiger charge is 2.25. The highest BCUT2D eigenvalue weighted by molar-refractivity contribution is 9.10. The standard InChI is InChI=1S/C12H10BrCl2FN2O/c1-5-8(12(15)18(2)17-5)11(19)6-3-4-7(13)9(14)10(6)16/h3-4,11,19H,1-2H3. The van der Waals surface area contributed by atoms with Gasteiger partial charge in [-0.1, -0.05) is 29.3 Å². The quantitative estimate of drug-likeness (QED) is 0.814. The van der Waals surface area contributed by atoms with E-state index in [0.717, 1.165) is 0 Å². The summed E-state index contributed by atoms with van der Waals surface area (Å²) < 4.78 is 15.9. The highest BCUT2D eigenvalue weighted by Crippen LogP contribution is 2.36. The number of benzene rings is 1. The maximum Gasteiger partial charge on any atom is 0.149 e. The number of hydrogen-bond acceptors (Lipinski definition) is 2. The lowest BCUT2D eigenvalue weighted by atomic mass is 10.0. The van der Waals surface area contributed by atoms with Crippen molar-refractivity contribution in [3.05, 3.63) is 49.4 Å². The number of aryl methyl sites for hydroxylation is 2. The summed E-state index contributed by atoms with van der Waals surface area (Å²) >= 11 is 15.0. The van der Waals surface area contributed by atoms with Crippen LogP contribution in [0.1, 0.15) is 22.9 Å². The molecule has 1 aromatic heterocycles. The monoisotopic (exact) mass is 366 g/mol. The Kier molecular flexibility index (Phi) is 4.20. The minimum absolute atomic E-state index is 0.0613. The van der Waals surface area contributed by atoms with Crippen LogP contribution in [0.15, 0.2) is 16.6 Å². The van der Waals surface area contributed by atoms with Crippen molar-refractivity contribution in [1.29, 1.82) is 0 Å². The molecular weight excluding hydrogens is 358 g/mol. The van der Waals surface area contributed by atoms with Gasteiger partial charge in [-0.15, -0.1) is 0 Å². The lowest BCUT2D eigenvalue weighted by Gasteiger charge is -2.13. The maximum atomic E-state index is 14.1. The van der Waals surface area contributed by atoms with Crippen molar-refractivity contribution in [1.82, 2.24) is 9.78 Å². The summed E-state index contributed by atoms with van der Waals surface area (Å²) in [6.45, 7) is 1.70. The Hall–Kier alpha value is -0.620. The Morgan fingerprint density at radius 2 is 2.05 bits per heavy atom. The van der Waals surface area contributed by atoms with E-state index in [2.05, 4.69) is 21.0 Å². The molecule has 0 aliphatic rings. The molecule has 19 heavy (non-hydrogen) atoms. The minimum atomic E-state index is -1.22. The summed E-state index contributed by atoms with van der Waals surface area (Å²) in [5.41, 5.74) is 0.978. The van der Waals surface area contributed by atoms with E-state index in [9.17, 15) is 9.50 Å². The molecule has 2 rings (SSSR count). The van der Waals surface area contributed by atoms with Gasteiger partial charge in [0.2, 0.25) is 0 Å². The van der Waals surface area contributed by atoms with Crippen molar-refractivity contribution in [2.75, 3.05) is 0 Å². The van der Waals surface area contributed by atoms with Crippen LogP contribution in [0.4, 0.5) is 4.39 Å². The lowest BCUT2D eigenvalue weighted by molar-refractivity contribution is 0.214. The number of hydrogen-bond donors (Lipinski definition) is 1. The maximum absolute atomic E-state index is 14.1. The van der Waals surface area contributed by atoms with Crippen LogP contribution >= 0.6 is 39.1 Å². The van der Waals surface area contributed by atoms with E-state index in [1.54, 1.807) is 20.0 Å². The zero-order chi connectivity index (χ0) is 14.3. The fourth-order valence-electron chi connectivity index (χ4n) is 1.86. The lowest BCUT2D eigenvalue weighted by Crippen LogP contribution is -2.05. The molecule has 1 unspecified atom stereocenters. The van der Waals surface area contributed by atoms with Crippen LogP contribution in [0.3, 0.4) is 0 Å². The summed E-state index contributed by atoms with van der Waals surface area (Å²) in [5, 5.41) is 14.6. The van der Waals surface area contributed by atoms with Gasteiger partial charge in [-0.05, 0) is 28.9 Å². The molecule has 0 aliphatic carbocycles. The molecule has 3 nitrogen and oxygen atoms in total. The van der Waals surface area contributed by atoms with Crippen molar-refractivity contribution in [2.24, 2.45) is 7.05 Å². The first kappa shape index (κ1) is 14.8. The third-order valence-electron chi connectivity index (χ3n) is 2.83. The van der Waals surface area contributed by atoms with Crippen molar-refractivity contribution in [3.63, 3.8) is 0 Å². The zero-order valence-corrected chi connectivity index (χ0v) is 13.2. The number of aromatic nitrogens is 2. The molecule has 0 saturated carbocycles. The summed E-state index contributed by atoms with van der Waals surface area (Å²) in [7, 11) is 1.65. The van der Waals surface area contributed by atoms with Gasteiger partial charge >= 0.3 is 0 Å². The topological polar surface area (TPSA) is 38.0 Å². The number of aliphatic hydroxyl groups is 1.